The van der Waals surface area contributed by atoms with Crippen molar-refractivity contribution in [3.63, 3.8) is 0 Å². The minimum absolute atomic E-state index is 0.563. The van der Waals surface area contributed by atoms with Crippen LogP contribution in [0.5, 0.6) is 0 Å². The molecule has 0 amide bonds. The van der Waals surface area contributed by atoms with E-state index >= 15 is 0 Å². The standard InChI is InChI=1S/C16H13BrClIN2/c1-10-2-4-12(9-13(10)17)21-15-5-3-11(19)8-14(15)20-16(21)6-7-18/h2-5,8-9H,6-7H2,1H3. The van der Waals surface area contributed by atoms with Gasteiger partial charge in [0.2, 0.25) is 0 Å². The molecule has 0 bridgehead atoms. The molecule has 0 atom stereocenters. The number of rotatable bonds is 3. The molecule has 2 nitrogen and oxygen atoms in total. The smallest absolute Gasteiger partial charge is 0.115 e. The summed E-state index contributed by atoms with van der Waals surface area (Å²) in [4.78, 5) is 4.75. The van der Waals surface area contributed by atoms with Crippen molar-refractivity contribution in [2.45, 2.75) is 13.3 Å². The Kier molecular flexibility index (Phi) is 4.57. The summed E-state index contributed by atoms with van der Waals surface area (Å²) < 4.78 is 4.48. The van der Waals surface area contributed by atoms with E-state index in [0.717, 1.165) is 33.4 Å². The van der Waals surface area contributed by atoms with Gasteiger partial charge in [0.05, 0.1) is 11.0 Å². The quantitative estimate of drug-likeness (QED) is 0.362. The summed E-state index contributed by atoms with van der Waals surface area (Å²) in [6.45, 7) is 2.09. The Balaban J connectivity index is 2.27. The zero-order chi connectivity index (χ0) is 15.0. The zero-order valence-electron chi connectivity index (χ0n) is 11.4. The molecular formula is C16H13BrClIN2. The maximum atomic E-state index is 5.95. The highest BCUT2D eigenvalue weighted by Crippen LogP contribution is 2.27. The van der Waals surface area contributed by atoms with Gasteiger partial charge in [-0.1, -0.05) is 22.0 Å². The van der Waals surface area contributed by atoms with Crippen LogP contribution in [0, 0.1) is 10.5 Å². The van der Waals surface area contributed by atoms with Crippen LogP contribution in [0.3, 0.4) is 0 Å². The summed E-state index contributed by atoms with van der Waals surface area (Å²) in [7, 11) is 0. The molecule has 0 saturated carbocycles. The lowest BCUT2D eigenvalue weighted by atomic mass is 10.2. The number of nitrogens with zero attached hydrogens (tertiary/aromatic N) is 2. The third-order valence-corrected chi connectivity index (χ3v) is 5.13. The first-order valence-electron chi connectivity index (χ1n) is 6.59. The van der Waals surface area contributed by atoms with Gasteiger partial charge in [-0.2, -0.15) is 0 Å². The summed E-state index contributed by atoms with van der Waals surface area (Å²) in [5.41, 5.74) is 4.46. The normalized spacial score (nSPS) is 11.2. The average Bonchev–Trinajstić information content (AvgIpc) is 2.79. The molecule has 2 aromatic carbocycles. The van der Waals surface area contributed by atoms with Crippen molar-refractivity contribution in [2.75, 3.05) is 5.88 Å². The van der Waals surface area contributed by atoms with Crippen LogP contribution in [0.25, 0.3) is 16.7 Å². The summed E-state index contributed by atoms with van der Waals surface area (Å²) in [5, 5.41) is 0. The maximum Gasteiger partial charge on any atom is 0.115 e. The second-order valence-corrected chi connectivity index (χ2v) is 7.35. The molecule has 1 aromatic heterocycles. The Bertz CT molecular complexity index is 813. The first-order valence-corrected chi connectivity index (χ1v) is 9.00. The SMILES string of the molecule is Cc1ccc(-n2c(CCCl)nc3cc(I)ccc32)cc1Br. The van der Waals surface area contributed by atoms with Crippen LogP contribution in [-0.4, -0.2) is 15.4 Å². The molecule has 0 radical (unpaired) electrons. The molecule has 5 heteroatoms. The second kappa shape index (κ2) is 6.26. The second-order valence-electron chi connectivity index (χ2n) is 4.87. The molecule has 0 N–H and O–H groups in total. The van der Waals surface area contributed by atoms with E-state index in [2.05, 4.69) is 86.4 Å². The average molecular weight is 476 g/mol. The minimum atomic E-state index is 0.563. The number of hydrogen-bond donors (Lipinski definition) is 0. The van der Waals surface area contributed by atoms with Crippen LogP contribution < -0.4 is 0 Å². The Morgan fingerprint density at radius 1 is 1.24 bits per heavy atom. The predicted octanol–water partition coefficient (Wildman–Crippen LogP) is 5.48. The highest BCUT2D eigenvalue weighted by molar-refractivity contribution is 14.1. The summed E-state index contributed by atoms with van der Waals surface area (Å²) >= 11 is 11.9. The Hall–Kier alpha value is -0.590. The molecule has 0 spiro atoms. The molecule has 3 rings (SSSR count). The lowest BCUT2D eigenvalue weighted by Crippen LogP contribution is -2.02. The van der Waals surface area contributed by atoms with E-state index in [1.165, 1.54) is 9.13 Å². The van der Waals surface area contributed by atoms with Crippen LogP contribution >= 0.6 is 50.1 Å². The van der Waals surface area contributed by atoms with Crippen molar-refractivity contribution < 1.29 is 0 Å². The number of halogens is 3. The van der Waals surface area contributed by atoms with Crippen molar-refractivity contribution >= 4 is 61.2 Å². The summed E-state index contributed by atoms with van der Waals surface area (Å²) in [5.74, 6) is 1.56. The van der Waals surface area contributed by atoms with Crippen molar-refractivity contribution in [1.82, 2.24) is 9.55 Å². The summed E-state index contributed by atoms with van der Waals surface area (Å²) in [6.07, 6.45) is 0.748. The van der Waals surface area contributed by atoms with Gasteiger partial charge >= 0.3 is 0 Å². The van der Waals surface area contributed by atoms with Gasteiger partial charge in [-0.25, -0.2) is 4.98 Å². The third kappa shape index (κ3) is 2.98. The highest BCUT2D eigenvalue weighted by Gasteiger charge is 2.13. The van der Waals surface area contributed by atoms with E-state index < -0.39 is 0 Å². The van der Waals surface area contributed by atoms with Gasteiger partial charge in [0.25, 0.3) is 0 Å². The third-order valence-electron chi connectivity index (χ3n) is 3.42. The lowest BCUT2D eigenvalue weighted by Gasteiger charge is -2.10. The molecule has 3 aromatic rings. The molecule has 0 aliphatic heterocycles. The Labute approximate surface area is 150 Å². The van der Waals surface area contributed by atoms with Gasteiger partial charge in [-0.3, -0.25) is 4.57 Å². The van der Waals surface area contributed by atoms with E-state index in [1.807, 2.05) is 0 Å². The fraction of sp³-hybridized carbons (Fsp3) is 0.188. The first kappa shape index (κ1) is 15.3. The van der Waals surface area contributed by atoms with Gasteiger partial charge in [-0.15, -0.1) is 11.6 Å². The van der Waals surface area contributed by atoms with Gasteiger partial charge in [-0.05, 0) is 65.4 Å². The van der Waals surface area contributed by atoms with E-state index in [1.54, 1.807) is 0 Å². The molecule has 0 unspecified atom stereocenters. The largest absolute Gasteiger partial charge is 0.296 e. The number of benzene rings is 2. The van der Waals surface area contributed by atoms with Gasteiger partial charge in [0, 0.05) is 26.0 Å². The molecule has 21 heavy (non-hydrogen) atoms. The molecule has 1 heterocycles. The number of alkyl halides is 1. The number of fused-ring (bicyclic) bond motifs is 1. The predicted molar refractivity (Wildman–Crippen MR) is 101 cm³/mol. The Morgan fingerprint density at radius 3 is 2.76 bits per heavy atom. The Morgan fingerprint density at radius 2 is 2.05 bits per heavy atom. The molecular weight excluding hydrogens is 462 g/mol. The molecule has 0 aliphatic carbocycles. The lowest BCUT2D eigenvalue weighted by molar-refractivity contribution is 0.911. The monoisotopic (exact) mass is 474 g/mol. The fourth-order valence-corrected chi connectivity index (χ4v) is 3.37. The van der Waals surface area contributed by atoms with Crippen molar-refractivity contribution in [3.8, 4) is 5.69 Å². The van der Waals surface area contributed by atoms with Crippen LogP contribution in [0.2, 0.25) is 0 Å². The van der Waals surface area contributed by atoms with Crippen LogP contribution in [0.4, 0.5) is 0 Å². The van der Waals surface area contributed by atoms with Crippen molar-refractivity contribution in [1.29, 1.82) is 0 Å². The van der Waals surface area contributed by atoms with Crippen molar-refractivity contribution in [2.24, 2.45) is 0 Å². The molecule has 108 valence electrons. The molecule has 0 saturated heterocycles. The van der Waals surface area contributed by atoms with Crippen LogP contribution in [0.15, 0.2) is 40.9 Å². The number of hydrogen-bond acceptors (Lipinski definition) is 1. The van der Waals surface area contributed by atoms with E-state index in [4.69, 9.17) is 16.6 Å². The number of aromatic nitrogens is 2. The van der Waals surface area contributed by atoms with Gasteiger partial charge < -0.3 is 0 Å². The van der Waals surface area contributed by atoms with E-state index in [-0.39, 0.29) is 0 Å². The van der Waals surface area contributed by atoms with E-state index in [9.17, 15) is 0 Å². The molecule has 0 fully saturated rings. The van der Waals surface area contributed by atoms with Gasteiger partial charge in [0.15, 0.2) is 0 Å². The number of imidazole rings is 1. The van der Waals surface area contributed by atoms with Crippen molar-refractivity contribution in [3.05, 3.63) is 55.8 Å². The minimum Gasteiger partial charge on any atom is -0.296 e. The van der Waals surface area contributed by atoms with Crippen LogP contribution in [0.1, 0.15) is 11.4 Å². The maximum absolute atomic E-state index is 5.95. The van der Waals surface area contributed by atoms with E-state index in [0.29, 0.717) is 5.88 Å². The highest BCUT2D eigenvalue weighted by atomic mass is 127. The summed E-state index contributed by atoms with van der Waals surface area (Å²) in [6, 6.07) is 12.7. The first-order chi connectivity index (χ1) is 10.1. The molecule has 0 aliphatic rings. The fourth-order valence-electron chi connectivity index (χ4n) is 2.36. The number of aryl methyl sites for hydroxylation is 2. The van der Waals surface area contributed by atoms with Gasteiger partial charge in [0.1, 0.15) is 5.82 Å². The zero-order valence-corrected chi connectivity index (χ0v) is 15.9. The van der Waals surface area contributed by atoms with Crippen LogP contribution in [-0.2, 0) is 6.42 Å². The topological polar surface area (TPSA) is 17.8 Å².